The van der Waals surface area contributed by atoms with E-state index in [0.717, 1.165) is 6.07 Å². The van der Waals surface area contributed by atoms with Crippen molar-refractivity contribution in [2.75, 3.05) is 0 Å². The molecular formula is C23H22ClFN2O5. The molecule has 3 N–H and O–H groups in total. The third-order valence-electron chi connectivity index (χ3n) is 5.30. The van der Waals surface area contributed by atoms with Crippen molar-refractivity contribution in [1.82, 2.24) is 9.88 Å². The van der Waals surface area contributed by atoms with Crippen molar-refractivity contribution < 1.29 is 29.0 Å². The molecule has 0 aliphatic heterocycles. The Kier molecular flexibility index (Phi) is 6.55. The van der Waals surface area contributed by atoms with Crippen LogP contribution in [-0.2, 0) is 9.59 Å². The number of rotatable bonds is 6. The average molecular weight is 461 g/mol. The van der Waals surface area contributed by atoms with Crippen LogP contribution in [0, 0.1) is 12.7 Å². The van der Waals surface area contributed by atoms with E-state index in [-0.39, 0.29) is 22.8 Å². The number of benzene rings is 2. The first-order valence-electron chi connectivity index (χ1n) is 9.87. The van der Waals surface area contributed by atoms with Crippen LogP contribution < -0.4 is 5.32 Å². The quantitative estimate of drug-likeness (QED) is 0.510. The summed E-state index contributed by atoms with van der Waals surface area (Å²) in [6.45, 7) is 4.87. The number of hydrogen-bond acceptors (Lipinski definition) is 4. The van der Waals surface area contributed by atoms with E-state index in [1.165, 1.54) is 28.8 Å². The summed E-state index contributed by atoms with van der Waals surface area (Å²) in [5.41, 5.74) is 1.45. The molecule has 0 aliphatic rings. The first-order valence-corrected chi connectivity index (χ1v) is 10.2. The Balaban J connectivity index is 2.10. The Morgan fingerprint density at radius 3 is 2.47 bits per heavy atom. The minimum atomic E-state index is -1.04. The molecule has 0 saturated carbocycles. The number of halogens is 2. The second kappa shape index (κ2) is 9.00. The largest absolute Gasteiger partial charge is 0.508 e. The maximum atomic E-state index is 14.0. The maximum Gasteiger partial charge on any atom is 0.305 e. The molecule has 9 heteroatoms. The topological polar surface area (TPSA) is 109 Å². The zero-order valence-electron chi connectivity index (χ0n) is 17.6. The van der Waals surface area contributed by atoms with Gasteiger partial charge in [0, 0.05) is 22.7 Å². The van der Waals surface area contributed by atoms with Crippen molar-refractivity contribution in [2.45, 2.75) is 39.2 Å². The summed E-state index contributed by atoms with van der Waals surface area (Å²) >= 11 is 5.73. The molecule has 1 amide bonds. The van der Waals surface area contributed by atoms with Crippen LogP contribution in [0.4, 0.5) is 4.39 Å². The number of carboxylic acids is 1. The highest BCUT2D eigenvalue weighted by atomic mass is 35.5. The van der Waals surface area contributed by atoms with Gasteiger partial charge in [0.2, 0.25) is 5.91 Å². The Labute approximate surface area is 188 Å². The lowest BCUT2D eigenvalue weighted by atomic mass is 9.96. The fraction of sp³-hybridized carbons (Fsp3) is 0.261. The number of phenolic OH excluding ortho intramolecular Hbond substituents is 1. The number of carbonyl (C=O) groups excluding carboxylic acids is 2. The predicted octanol–water partition coefficient (Wildman–Crippen LogP) is 4.22. The molecule has 0 spiro atoms. The number of fused-ring (bicyclic) bond motifs is 1. The van der Waals surface area contributed by atoms with Gasteiger partial charge >= 0.3 is 5.97 Å². The molecule has 32 heavy (non-hydrogen) atoms. The van der Waals surface area contributed by atoms with Crippen molar-refractivity contribution in [2.24, 2.45) is 0 Å². The van der Waals surface area contributed by atoms with Gasteiger partial charge in [0.1, 0.15) is 11.6 Å². The molecule has 2 atom stereocenters. The summed E-state index contributed by atoms with van der Waals surface area (Å²) < 4.78 is 15.3. The van der Waals surface area contributed by atoms with Gasteiger partial charge in [-0.15, -0.1) is 0 Å². The SMILES string of the molecule is Cc1c(C(C)C(=O)NC(C)CC(=O)O)c2cc(O)ccc2n1C(=O)c1ccc(Cl)c(F)c1. The van der Waals surface area contributed by atoms with Crippen molar-refractivity contribution in [1.29, 1.82) is 0 Å². The van der Waals surface area contributed by atoms with Gasteiger partial charge in [-0.2, -0.15) is 0 Å². The lowest BCUT2D eigenvalue weighted by Crippen LogP contribution is -2.37. The summed E-state index contributed by atoms with van der Waals surface area (Å²) in [5.74, 6) is -3.52. The zero-order valence-corrected chi connectivity index (χ0v) is 18.4. The molecule has 0 fully saturated rings. The molecule has 0 aliphatic carbocycles. The summed E-state index contributed by atoms with van der Waals surface area (Å²) in [6, 6.07) is 7.55. The van der Waals surface area contributed by atoms with Crippen LogP contribution in [0.1, 0.15) is 47.8 Å². The van der Waals surface area contributed by atoms with Gasteiger partial charge in [0.15, 0.2) is 0 Å². The summed E-state index contributed by atoms with van der Waals surface area (Å²) in [6.07, 6.45) is -0.236. The third kappa shape index (κ3) is 4.45. The first-order chi connectivity index (χ1) is 15.0. The highest BCUT2D eigenvalue weighted by molar-refractivity contribution is 6.30. The van der Waals surface area contributed by atoms with Crippen LogP contribution in [0.5, 0.6) is 5.75 Å². The van der Waals surface area contributed by atoms with Gasteiger partial charge in [0.05, 0.1) is 22.9 Å². The van der Waals surface area contributed by atoms with Crippen LogP contribution in [0.2, 0.25) is 5.02 Å². The van der Waals surface area contributed by atoms with Crippen molar-refractivity contribution in [3.05, 3.63) is 64.1 Å². The van der Waals surface area contributed by atoms with Gasteiger partial charge in [-0.3, -0.25) is 19.0 Å². The van der Waals surface area contributed by atoms with Crippen molar-refractivity contribution in [3.8, 4) is 5.75 Å². The van der Waals surface area contributed by atoms with Crippen LogP contribution >= 0.6 is 11.6 Å². The smallest absolute Gasteiger partial charge is 0.305 e. The fourth-order valence-electron chi connectivity index (χ4n) is 3.81. The minimum absolute atomic E-state index is 0.0484. The molecule has 0 bridgehead atoms. The maximum absolute atomic E-state index is 14.0. The van der Waals surface area contributed by atoms with Gasteiger partial charge in [0.25, 0.3) is 5.91 Å². The molecular weight excluding hydrogens is 439 g/mol. The van der Waals surface area contributed by atoms with E-state index in [2.05, 4.69) is 5.32 Å². The van der Waals surface area contributed by atoms with E-state index < -0.39 is 35.6 Å². The van der Waals surface area contributed by atoms with Gasteiger partial charge in [-0.05, 0) is 62.7 Å². The van der Waals surface area contributed by atoms with E-state index in [1.807, 2.05) is 0 Å². The van der Waals surface area contributed by atoms with Crippen molar-refractivity contribution >= 4 is 40.3 Å². The summed E-state index contributed by atoms with van der Waals surface area (Å²) in [5, 5.41) is 22.0. The number of nitrogens with one attached hydrogen (secondary N) is 1. The van der Waals surface area contributed by atoms with Crippen molar-refractivity contribution in [3.63, 3.8) is 0 Å². The first kappa shape index (κ1) is 23.3. The number of aromatic hydroxyl groups is 1. The number of hydrogen-bond donors (Lipinski definition) is 3. The number of aliphatic carboxylic acids is 1. The molecule has 1 aromatic heterocycles. The molecule has 3 rings (SSSR count). The van der Waals surface area contributed by atoms with E-state index in [9.17, 15) is 23.9 Å². The van der Waals surface area contributed by atoms with Crippen LogP contribution in [0.3, 0.4) is 0 Å². The average Bonchev–Trinajstić information content (AvgIpc) is 2.99. The number of nitrogens with zero attached hydrogens (tertiary/aromatic N) is 1. The molecule has 2 aromatic carbocycles. The Bertz CT molecular complexity index is 1240. The molecule has 2 unspecified atom stereocenters. The lowest BCUT2D eigenvalue weighted by molar-refractivity contribution is -0.137. The van der Waals surface area contributed by atoms with E-state index in [0.29, 0.717) is 22.2 Å². The highest BCUT2D eigenvalue weighted by Gasteiger charge is 2.28. The molecule has 1 heterocycles. The standard InChI is InChI=1S/C23H22ClFN2O5/c1-11(8-20(29)30)26-22(31)12(2)21-13(3)27(19-7-5-15(28)10-16(19)21)23(32)14-4-6-17(24)18(25)9-14/h4-7,9-12,28H,8H2,1-3H3,(H,26,31)(H,29,30). The third-order valence-corrected chi connectivity index (χ3v) is 5.61. The molecule has 168 valence electrons. The number of aromatic nitrogens is 1. The minimum Gasteiger partial charge on any atom is -0.508 e. The van der Waals surface area contributed by atoms with E-state index >= 15 is 0 Å². The summed E-state index contributed by atoms with van der Waals surface area (Å²) in [4.78, 5) is 37.0. The van der Waals surface area contributed by atoms with Gasteiger partial charge in [-0.25, -0.2) is 4.39 Å². The van der Waals surface area contributed by atoms with Crippen LogP contribution in [-0.4, -0.2) is 38.6 Å². The monoisotopic (exact) mass is 460 g/mol. The summed E-state index contributed by atoms with van der Waals surface area (Å²) in [7, 11) is 0. The molecule has 3 aromatic rings. The molecule has 0 radical (unpaired) electrons. The van der Waals surface area contributed by atoms with Gasteiger partial charge < -0.3 is 15.5 Å². The lowest BCUT2D eigenvalue weighted by Gasteiger charge is -2.17. The Hall–Kier alpha value is -3.39. The Morgan fingerprint density at radius 1 is 1.16 bits per heavy atom. The number of phenols is 1. The van der Waals surface area contributed by atoms with Gasteiger partial charge in [-0.1, -0.05) is 11.6 Å². The normalized spacial score (nSPS) is 13.0. The van der Waals surface area contributed by atoms with Crippen LogP contribution in [0.25, 0.3) is 10.9 Å². The highest BCUT2D eigenvalue weighted by Crippen LogP contribution is 2.35. The second-order valence-electron chi connectivity index (χ2n) is 7.70. The molecule has 7 nitrogen and oxygen atoms in total. The zero-order chi connectivity index (χ0) is 23.7. The van der Waals surface area contributed by atoms with Crippen LogP contribution in [0.15, 0.2) is 36.4 Å². The Morgan fingerprint density at radius 2 is 1.84 bits per heavy atom. The fourth-order valence-corrected chi connectivity index (χ4v) is 3.93. The number of amides is 1. The number of carboxylic acid groups (broad SMARTS) is 1. The predicted molar refractivity (Wildman–Crippen MR) is 118 cm³/mol. The molecule has 0 saturated heterocycles. The van der Waals surface area contributed by atoms with E-state index in [1.54, 1.807) is 26.8 Å². The second-order valence-corrected chi connectivity index (χ2v) is 8.11. The number of carbonyl (C=O) groups is 3. The van der Waals surface area contributed by atoms with E-state index in [4.69, 9.17) is 16.7 Å².